The van der Waals surface area contributed by atoms with Gasteiger partial charge in [0.05, 0.1) is 17.7 Å². The highest BCUT2D eigenvalue weighted by Crippen LogP contribution is 2.13. The van der Waals surface area contributed by atoms with E-state index in [9.17, 15) is 14.4 Å². The minimum atomic E-state index is -0.678. The second kappa shape index (κ2) is 28.3. The third-order valence-corrected chi connectivity index (χ3v) is 7.94. The van der Waals surface area contributed by atoms with E-state index in [1.165, 1.54) is 115 Å². The van der Waals surface area contributed by atoms with Crippen LogP contribution in [0.4, 0.5) is 0 Å². The van der Waals surface area contributed by atoms with Gasteiger partial charge in [-0.15, -0.1) is 0 Å². The molecule has 5 heteroatoms. The van der Waals surface area contributed by atoms with Gasteiger partial charge in [0, 0.05) is 6.42 Å². The quantitative estimate of drug-likeness (QED) is 0.0415. The minimum Gasteiger partial charge on any atom is -0.462 e. The summed E-state index contributed by atoms with van der Waals surface area (Å²) in [6.07, 6.45) is 32.7. The van der Waals surface area contributed by atoms with Crippen molar-refractivity contribution >= 4 is 17.9 Å². The summed E-state index contributed by atoms with van der Waals surface area (Å²) in [4.78, 5) is 36.7. The van der Waals surface area contributed by atoms with Crippen LogP contribution < -0.4 is 0 Å². The lowest BCUT2D eigenvalue weighted by atomic mass is 10.1. The van der Waals surface area contributed by atoms with Gasteiger partial charge in [-0.1, -0.05) is 135 Å². The average molecular weight is 599 g/mol. The Bertz CT molecular complexity index is 858. The van der Waals surface area contributed by atoms with Crippen LogP contribution in [0.2, 0.25) is 0 Å². The maximum absolute atomic E-state index is 12.3. The Morgan fingerprint density at radius 1 is 0.512 bits per heavy atom. The van der Waals surface area contributed by atoms with Gasteiger partial charge in [-0.2, -0.15) is 0 Å². The van der Waals surface area contributed by atoms with Crippen LogP contribution >= 0.6 is 0 Å². The first-order valence-corrected chi connectivity index (χ1v) is 17.8. The van der Waals surface area contributed by atoms with Crippen LogP contribution in [0.25, 0.3) is 0 Å². The van der Waals surface area contributed by atoms with Crippen LogP contribution in [0, 0.1) is 0 Å². The fourth-order valence-electron chi connectivity index (χ4n) is 5.13. The minimum absolute atomic E-state index is 0.243. The highest BCUT2D eigenvalue weighted by atomic mass is 16.6. The highest BCUT2D eigenvalue weighted by Gasteiger charge is 2.14. The summed E-state index contributed by atoms with van der Waals surface area (Å²) >= 11 is 0. The summed E-state index contributed by atoms with van der Waals surface area (Å²) in [5.74, 6) is -1.57. The molecule has 0 unspecified atom stereocenters. The Balaban J connectivity index is 2.05. The number of ether oxygens (including phenoxy) is 2. The normalized spacial score (nSPS) is 11.2. The summed E-state index contributed by atoms with van der Waals surface area (Å²) in [6, 6.07) is 6.11. The molecule has 0 saturated carbocycles. The molecule has 1 aromatic carbocycles. The third-order valence-electron chi connectivity index (χ3n) is 7.94. The molecule has 43 heavy (non-hydrogen) atoms. The summed E-state index contributed by atoms with van der Waals surface area (Å²) in [5.41, 5.74) is 0.646. The number of allylic oxidation sites excluding steroid dienone is 2. The summed E-state index contributed by atoms with van der Waals surface area (Å²) < 4.78 is 10.4. The molecule has 5 nitrogen and oxygen atoms in total. The first-order chi connectivity index (χ1) is 21.1. The fourth-order valence-corrected chi connectivity index (χ4v) is 5.13. The van der Waals surface area contributed by atoms with E-state index in [0.29, 0.717) is 12.2 Å². The molecule has 0 saturated heterocycles. The van der Waals surface area contributed by atoms with E-state index in [0.717, 1.165) is 44.9 Å². The standard InChI is InChI=1S/C38H62O5/c1-3-5-7-9-11-13-15-16-17-18-19-20-22-24-26-28-36(39)43-38(41)35-31-29-34(30-32-35)37(40)42-33-27-25-23-21-14-12-10-8-6-4-2/h16-17,29-32H,3-15,18-28,33H2,1-2H3. The predicted molar refractivity (Wildman–Crippen MR) is 178 cm³/mol. The maximum Gasteiger partial charge on any atom is 0.345 e. The van der Waals surface area contributed by atoms with Crippen molar-refractivity contribution in [2.24, 2.45) is 0 Å². The fraction of sp³-hybridized carbons (Fsp3) is 0.711. The van der Waals surface area contributed by atoms with Gasteiger partial charge >= 0.3 is 17.9 Å². The van der Waals surface area contributed by atoms with E-state index in [1.807, 2.05) is 0 Å². The molecule has 1 rings (SSSR count). The molecular formula is C38H62O5. The number of esters is 3. The van der Waals surface area contributed by atoms with E-state index < -0.39 is 17.9 Å². The molecule has 0 bridgehead atoms. The van der Waals surface area contributed by atoms with E-state index >= 15 is 0 Å². The summed E-state index contributed by atoms with van der Waals surface area (Å²) in [6.45, 7) is 4.90. The van der Waals surface area contributed by atoms with Crippen LogP contribution in [0.15, 0.2) is 36.4 Å². The van der Waals surface area contributed by atoms with Crippen molar-refractivity contribution < 1.29 is 23.9 Å². The van der Waals surface area contributed by atoms with Crippen LogP contribution in [-0.2, 0) is 14.3 Å². The Morgan fingerprint density at radius 2 is 0.907 bits per heavy atom. The molecule has 0 aliphatic carbocycles. The number of carbonyl (C=O) groups is 3. The number of hydrogen-bond donors (Lipinski definition) is 0. The van der Waals surface area contributed by atoms with Crippen molar-refractivity contribution in [1.82, 2.24) is 0 Å². The predicted octanol–water partition coefficient (Wildman–Crippen LogP) is 11.5. The monoisotopic (exact) mass is 598 g/mol. The van der Waals surface area contributed by atoms with Gasteiger partial charge in [0.15, 0.2) is 0 Å². The van der Waals surface area contributed by atoms with Crippen molar-refractivity contribution in [3.05, 3.63) is 47.5 Å². The largest absolute Gasteiger partial charge is 0.462 e. The molecule has 0 atom stereocenters. The van der Waals surface area contributed by atoms with E-state index in [4.69, 9.17) is 9.47 Å². The molecule has 0 fully saturated rings. The van der Waals surface area contributed by atoms with Crippen LogP contribution in [-0.4, -0.2) is 24.5 Å². The molecule has 0 aromatic heterocycles. The summed E-state index contributed by atoms with van der Waals surface area (Å²) in [7, 11) is 0. The summed E-state index contributed by atoms with van der Waals surface area (Å²) in [5, 5.41) is 0. The van der Waals surface area contributed by atoms with Gasteiger partial charge in [-0.05, 0) is 62.8 Å². The first-order valence-electron chi connectivity index (χ1n) is 17.8. The number of unbranched alkanes of at least 4 members (excludes halogenated alkanes) is 20. The number of hydrogen-bond acceptors (Lipinski definition) is 5. The first kappa shape index (κ1) is 38.6. The average Bonchev–Trinajstić information content (AvgIpc) is 3.01. The molecule has 0 amide bonds. The lowest BCUT2D eigenvalue weighted by Crippen LogP contribution is -2.13. The molecule has 1 aromatic rings. The molecule has 0 aliphatic heterocycles. The Labute approximate surface area is 263 Å². The molecule has 0 heterocycles. The lowest BCUT2D eigenvalue weighted by Gasteiger charge is -2.06. The lowest BCUT2D eigenvalue weighted by molar-refractivity contribution is -0.138. The van der Waals surface area contributed by atoms with Gasteiger partial charge in [0.25, 0.3) is 0 Å². The Morgan fingerprint density at radius 3 is 1.40 bits per heavy atom. The second-order valence-corrected chi connectivity index (χ2v) is 12.0. The van der Waals surface area contributed by atoms with Gasteiger partial charge < -0.3 is 9.47 Å². The van der Waals surface area contributed by atoms with Gasteiger partial charge in [-0.3, -0.25) is 4.79 Å². The van der Waals surface area contributed by atoms with Crippen molar-refractivity contribution in [3.8, 4) is 0 Å². The smallest absolute Gasteiger partial charge is 0.345 e. The third kappa shape index (κ3) is 22.7. The number of rotatable bonds is 28. The zero-order valence-electron chi connectivity index (χ0n) is 27.7. The Hall–Kier alpha value is -2.43. The zero-order chi connectivity index (χ0) is 31.2. The van der Waals surface area contributed by atoms with Crippen molar-refractivity contribution in [1.29, 1.82) is 0 Å². The number of benzene rings is 1. The van der Waals surface area contributed by atoms with E-state index in [2.05, 4.69) is 26.0 Å². The molecule has 0 N–H and O–H groups in total. The van der Waals surface area contributed by atoms with E-state index in [-0.39, 0.29) is 12.0 Å². The van der Waals surface area contributed by atoms with Gasteiger partial charge in [0.1, 0.15) is 0 Å². The molecule has 244 valence electrons. The highest BCUT2D eigenvalue weighted by molar-refractivity contribution is 5.98. The second-order valence-electron chi connectivity index (χ2n) is 12.0. The van der Waals surface area contributed by atoms with Crippen molar-refractivity contribution in [2.45, 2.75) is 168 Å². The van der Waals surface area contributed by atoms with Crippen LogP contribution in [0.5, 0.6) is 0 Å². The number of carbonyl (C=O) groups excluding carboxylic acids is 3. The molecule has 0 aliphatic rings. The van der Waals surface area contributed by atoms with E-state index in [1.54, 1.807) is 12.1 Å². The van der Waals surface area contributed by atoms with Crippen molar-refractivity contribution in [3.63, 3.8) is 0 Å². The maximum atomic E-state index is 12.3. The van der Waals surface area contributed by atoms with Crippen LogP contribution in [0.1, 0.15) is 189 Å². The van der Waals surface area contributed by atoms with Gasteiger partial charge in [-0.25, -0.2) is 9.59 Å². The molecular weight excluding hydrogens is 536 g/mol. The van der Waals surface area contributed by atoms with Crippen LogP contribution in [0.3, 0.4) is 0 Å². The SMILES string of the molecule is CCCCCCCCC=CCCCCCCCC(=O)OC(=O)c1ccc(C(=O)OCCCCCCCCCCCC)cc1. The zero-order valence-corrected chi connectivity index (χ0v) is 27.7. The molecule has 0 radical (unpaired) electrons. The Kier molecular flexibility index (Phi) is 25.4. The van der Waals surface area contributed by atoms with Crippen molar-refractivity contribution in [2.75, 3.05) is 6.61 Å². The molecule has 0 spiro atoms. The topological polar surface area (TPSA) is 69.7 Å². The van der Waals surface area contributed by atoms with Gasteiger partial charge in [0.2, 0.25) is 0 Å².